The van der Waals surface area contributed by atoms with Crippen molar-refractivity contribution in [2.24, 2.45) is 0 Å². The fourth-order valence-electron chi connectivity index (χ4n) is 2.76. The van der Waals surface area contributed by atoms with Crippen LogP contribution in [-0.2, 0) is 12.8 Å². The molecule has 0 saturated heterocycles. The van der Waals surface area contributed by atoms with Crippen molar-refractivity contribution in [3.8, 4) is 11.3 Å². The second kappa shape index (κ2) is 7.64. The third kappa shape index (κ3) is 3.95. The summed E-state index contributed by atoms with van der Waals surface area (Å²) in [5.74, 6) is -0.174. The van der Waals surface area contributed by atoms with Crippen LogP contribution < -0.4 is 5.56 Å². The molecule has 0 unspecified atom stereocenters. The van der Waals surface area contributed by atoms with Gasteiger partial charge in [0, 0.05) is 33.8 Å². The van der Waals surface area contributed by atoms with E-state index in [4.69, 9.17) is 11.6 Å². The van der Waals surface area contributed by atoms with E-state index >= 15 is 0 Å². The Balaban J connectivity index is 1.70. The van der Waals surface area contributed by atoms with Crippen molar-refractivity contribution in [3.05, 3.63) is 84.2 Å². The van der Waals surface area contributed by atoms with Gasteiger partial charge in [-0.25, -0.2) is 4.68 Å². The molecule has 4 aromatic rings. The maximum absolute atomic E-state index is 12.9. The van der Waals surface area contributed by atoms with Crippen LogP contribution in [0, 0.1) is 0 Å². The Bertz CT molecular complexity index is 1140. The van der Waals surface area contributed by atoms with Crippen LogP contribution in [-0.4, -0.2) is 20.7 Å². The van der Waals surface area contributed by atoms with Crippen LogP contribution in [0.15, 0.2) is 58.1 Å². The Morgan fingerprint density at radius 1 is 1.19 bits per heavy atom. The lowest BCUT2D eigenvalue weighted by atomic mass is 10.1. The maximum Gasteiger partial charge on any atom is 0.279 e. The molecule has 5 nitrogen and oxygen atoms in total. The van der Waals surface area contributed by atoms with Gasteiger partial charge < -0.3 is 4.98 Å². The molecule has 0 saturated carbocycles. The van der Waals surface area contributed by atoms with Gasteiger partial charge in [-0.2, -0.15) is 16.4 Å². The standard InChI is InChI=1S/C19H14ClN3O2S2/c20-17-4-3-15(27-17)2-1-14-10-16(12-5-7-21-18(24)9-12)22-23(14)19(25)13-6-8-26-11-13/h3-11H,1-2H2,(H,21,24). The number of aromatic nitrogens is 3. The summed E-state index contributed by atoms with van der Waals surface area (Å²) in [7, 11) is 0. The van der Waals surface area contributed by atoms with Crippen LogP contribution in [0.1, 0.15) is 20.9 Å². The van der Waals surface area contributed by atoms with Crippen molar-refractivity contribution in [3.63, 3.8) is 0 Å². The van der Waals surface area contributed by atoms with Crippen molar-refractivity contribution in [2.45, 2.75) is 12.8 Å². The van der Waals surface area contributed by atoms with Crippen LogP contribution in [0.3, 0.4) is 0 Å². The number of rotatable bonds is 5. The Kier molecular flexibility index (Phi) is 5.07. The highest BCUT2D eigenvalue weighted by molar-refractivity contribution is 7.16. The molecule has 0 spiro atoms. The largest absolute Gasteiger partial charge is 0.329 e. The van der Waals surface area contributed by atoms with Gasteiger partial charge in [0.1, 0.15) is 0 Å². The summed E-state index contributed by atoms with van der Waals surface area (Å²) < 4.78 is 2.19. The topological polar surface area (TPSA) is 67.8 Å². The van der Waals surface area contributed by atoms with Crippen LogP contribution in [0.2, 0.25) is 4.34 Å². The van der Waals surface area contributed by atoms with Gasteiger partial charge in [0.25, 0.3) is 5.91 Å². The van der Waals surface area contributed by atoms with E-state index in [1.54, 1.807) is 23.7 Å². The second-order valence-corrected chi connectivity index (χ2v) is 8.48. The number of hydrogen-bond donors (Lipinski definition) is 1. The zero-order chi connectivity index (χ0) is 18.8. The number of H-pyrrole nitrogens is 1. The molecule has 0 radical (unpaired) electrons. The predicted molar refractivity (Wildman–Crippen MR) is 109 cm³/mol. The molecule has 0 fully saturated rings. The molecular formula is C19H14ClN3O2S2. The van der Waals surface area contributed by atoms with E-state index in [0.717, 1.165) is 21.3 Å². The monoisotopic (exact) mass is 415 g/mol. The number of pyridine rings is 1. The average Bonchev–Trinajstić information content (AvgIpc) is 3.40. The van der Waals surface area contributed by atoms with Gasteiger partial charge >= 0.3 is 0 Å². The summed E-state index contributed by atoms with van der Waals surface area (Å²) in [6.07, 6.45) is 2.97. The van der Waals surface area contributed by atoms with Crippen molar-refractivity contribution < 1.29 is 4.79 Å². The number of nitrogens with zero attached hydrogens (tertiary/aromatic N) is 2. The Morgan fingerprint density at radius 2 is 2.07 bits per heavy atom. The van der Waals surface area contributed by atoms with Crippen molar-refractivity contribution in [2.75, 3.05) is 0 Å². The molecule has 0 bridgehead atoms. The molecule has 4 rings (SSSR count). The number of thiophene rings is 2. The van der Waals surface area contributed by atoms with E-state index in [2.05, 4.69) is 10.1 Å². The number of hydrogen-bond acceptors (Lipinski definition) is 5. The molecule has 0 atom stereocenters. The molecule has 0 aliphatic heterocycles. The van der Waals surface area contributed by atoms with Gasteiger partial charge in [0.05, 0.1) is 15.6 Å². The Labute approximate surface area is 167 Å². The highest BCUT2D eigenvalue weighted by atomic mass is 35.5. The zero-order valence-electron chi connectivity index (χ0n) is 14.0. The first-order valence-corrected chi connectivity index (χ1v) is 10.3. The minimum absolute atomic E-state index is 0.174. The Morgan fingerprint density at radius 3 is 2.78 bits per heavy atom. The van der Waals surface area contributed by atoms with E-state index in [1.807, 2.05) is 23.6 Å². The van der Waals surface area contributed by atoms with E-state index in [9.17, 15) is 9.59 Å². The normalized spacial score (nSPS) is 11.0. The maximum atomic E-state index is 12.9. The van der Waals surface area contributed by atoms with E-state index < -0.39 is 0 Å². The van der Waals surface area contributed by atoms with Gasteiger partial charge in [0.2, 0.25) is 5.56 Å². The molecule has 0 amide bonds. The third-order valence-corrected chi connectivity index (χ3v) is 6.05. The number of carbonyl (C=O) groups is 1. The van der Waals surface area contributed by atoms with Gasteiger partial charge in [-0.3, -0.25) is 9.59 Å². The number of nitrogens with one attached hydrogen (secondary N) is 1. The number of halogens is 1. The zero-order valence-corrected chi connectivity index (χ0v) is 16.4. The third-order valence-electron chi connectivity index (χ3n) is 4.07. The SMILES string of the molecule is O=C(c1ccsc1)n1nc(-c2cc[nH]c(=O)c2)cc1CCc1ccc(Cl)s1. The lowest BCUT2D eigenvalue weighted by Crippen LogP contribution is -2.16. The molecule has 1 N–H and O–H groups in total. The molecule has 4 aromatic heterocycles. The fraction of sp³-hybridized carbons (Fsp3) is 0.105. The summed E-state index contributed by atoms with van der Waals surface area (Å²) in [4.78, 5) is 28.2. The van der Waals surface area contributed by atoms with Crippen LogP contribution in [0.5, 0.6) is 0 Å². The molecule has 0 aromatic carbocycles. The predicted octanol–water partition coefficient (Wildman–Crippen LogP) is 4.49. The summed E-state index contributed by atoms with van der Waals surface area (Å²) in [5, 5.41) is 8.16. The molecule has 0 aliphatic rings. The second-order valence-electron chi connectivity index (χ2n) is 5.90. The van der Waals surface area contributed by atoms with E-state index in [1.165, 1.54) is 33.4 Å². The summed E-state index contributed by atoms with van der Waals surface area (Å²) in [5.41, 5.74) is 2.47. The van der Waals surface area contributed by atoms with E-state index in [-0.39, 0.29) is 11.5 Å². The highest BCUT2D eigenvalue weighted by Gasteiger charge is 2.18. The smallest absolute Gasteiger partial charge is 0.279 e. The van der Waals surface area contributed by atoms with Gasteiger partial charge in [-0.15, -0.1) is 11.3 Å². The van der Waals surface area contributed by atoms with Crippen molar-refractivity contribution >= 4 is 40.2 Å². The number of aryl methyl sites for hydroxylation is 2. The van der Waals surface area contributed by atoms with Gasteiger partial charge in [-0.1, -0.05) is 11.6 Å². The quantitative estimate of drug-likeness (QED) is 0.522. The summed E-state index contributed by atoms with van der Waals surface area (Å²) in [6, 6.07) is 10.8. The first kappa shape index (κ1) is 17.9. The number of carbonyl (C=O) groups excluding carboxylic acids is 1. The fourth-order valence-corrected chi connectivity index (χ4v) is 4.48. The van der Waals surface area contributed by atoms with Crippen molar-refractivity contribution in [1.82, 2.24) is 14.8 Å². The summed E-state index contributed by atoms with van der Waals surface area (Å²) >= 11 is 9.00. The molecule has 136 valence electrons. The molecule has 0 aliphatic carbocycles. The first-order chi connectivity index (χ1) is 13.1. The van der Waals surface area contributed by atoms with Gasteiger partial charge in [-0.05, 0) is 48.6 Å². The first-order valence-electron chi connectivity index (χ1n) is 8.19. The molecular weight excluding hydrogens is 402 g/mol. The van der Waals surface area contributed by atoms with Crippen LogP contribution >= 0.6 is 34.3 Å². The highest BCUT2D eigenvalue weighted by Crippen LogP contribution is 2.24. The van der Waals surface area contributed by atoms with E-state index in [0.29, 0.717) is 23.2 Å². The Hall–Kier alpha value is -2.48. The molecule has 8 heteroatoms. The van der Waals surface area contributed by atoms with Crippen molar-refractivity contribution in [1.29, 1.82) is 0 Å². The minimum atomic E-state index is -0.207. The van der Waals surface area contributed by atoms with Crippen LogP contribution in [0.25, 0.3) is 11.3 Å². The van der Waals surface area contributed by atoms with Gasteiger partial charge in [0.15, 0.2) is 0 Å². The lowest BCUT2D eigenvalue weighted by molar-refractivity contribution is 0.0942. The average molecular weight is 416 g/mol. The summed E-state index contributed by atoms with van der Waals surface area (Å²) in [6.45, 7) is 0. The molecule has 4 heterocycles. The lowest BCUT2D eigenvalue weighted by Gasteiger charge is -2.04. The van der Waals surface area contributed by atoms with Crippen LogP contribution in [0.4, 0.5) is 0 Å². The molecule has 27 heavy (non-hydrogen) atoms. The minimum Gasteiger partial charge on any atom is -0.329 e. The number of aromatic amines is 1.